The number of carbonyl (C=O) groups excluding carboxylic acids is 1. The van der Waals surface area contributed by atoms with E-state index >= 15 is 0 Å². The summed E-state index contributed by atoms with van der Waals surface area (Å²) in [6.45, 7) is 1.60. The van der Waals surface area contributed by atoms with E-state index in [9.17, 15) is 4.79 Å². The smallest absolute Gasteiger partial charge is 0.254 e. The third-order valence-corrected chi connectivity index (χ3v) is 9.51. The summed E-state index contributed by atoms with van der Waals surface area (Å²) >= 11 is 0. The minimum atomic E-state index is 0.00166. The first-order valence-electron chi connectivity index (χ1n) is 14.7. The number of imidazole rings is 1. The number of aromatic nitrogens is 5. The van der Waals surface area contributed by atoms with Crippen molar-refractivity contribution in [1.29, 1.82) is 0 Å². The van der Waals surface area contributed by atoms with E-state index in [1.807, 2.05) is 36.2 Å². The van der Waals surface area contributed by atoms with Crippen molar-refractivity contribution >= 4 is 33.8 Å². The van der Waals surface area contributed by atoms with Crippen molar-refractivity contribution in [1.82, 2.24) is 29.0 Å². The molecule has 1 amide bonds. The summed E-state index contributed by atoms with van der Waals surface area (Å²) in [5, 5.41) is 1.05. The predicted molar refractivity (Wildman–Crippen MR) is 162 cm³/mol. The summed E-state index contributed by atoms with van der Waals surface area (Å²) < 4.78 is 10.2. The van der Waals surface area contributed by atoms with Gasteiger partial charge in [0.15, 0.2) is 5.82 Å². The number of nitrogens with zero attached hydrogens (tertiary/aromatic N) is 6. The Balaban J connectivity index is 1.24. The third kappa shape index (κ3) is 3.88. The quantitative estimate of drug-likeness (QED) is 0.317. The topological polar surface area (TPSA) is 130 Å². The summed E-state index contributed by atoms with van der Waals surface area (Å²) in [5.74, 6) is 2.94. The van der Waals surface area contributed by atoms with Gasteiger partial charge in [-0.3, -0.25) is 4.79 Å². The minimum Gasteiger partial charge on any atom is -0.494 e. The van der Waals surface area contributed by atoms with E-state index in [4.69, 9.17) is 26.2 Å². The van der Waals surface area contributed by atoms with Crippen LogP contribution >= 0.6 is 0 Å². The molecular weight excluding hydrogens is 528 g/mol. The first kappa shape index (κ1) is 25.3. The molecule has 8 rings (SSSR count). The lowest BCUT2D eigenvalue weighted by Crippen LogP contribution is -2.41. The number of nitrogens with two attached hydrogens (primary N) is 2. The predicted octanol–water partition coefficient (Wildman–Crippen LogP) is 4.21. The van der Waals surface area contributed by atoms with Crippen molar-refractivity contribution < 1.29 is 9.53 Å². The SMILES string of the molecule is COc1cc(C(=O)N2CC3CCC2[C@@H]3N)cc2nc(-c3cc4ccc(-c5ccc(N)nc5)nc4n3CC3CC3)n(C)c12. The first-order valence-corrected chi connectivity index (χ1v) is 14.7. The molecule has 0 radical (unpaired) electrons. The molecule has 0 spiro atoms. The number of nitrogen functional groups attached to an aromatic ring is 1. The molecule has 3 aliphatic rings. The normalized spacial score (nSPS) is 21.6. The van der Waals surface area contributed by atoms with Crippen molar-refractivity contribution in [2.45, 2.75) is 44.3 Å². The third-order valence-electron chi connectivity index (χ3n) is 9.51. The molecule has 5 aromatic rings. The largest absolute Gasteiger partial charge is 0.494 e. The number of rotatable bonds is 6. The highest BCUT2D eigenvalue weighted by Gasteiger charge is 2.47. The summed E-state index contributed by atoms with van der Waals surface area (Å²) in [6.07, 6.45) is 6.26. The molecule has 2 saturated carbocycles. The van der Waals surface area contributed by atoms with Gasteiger partial charge in [-0.25, -0.2) is 15.0 Å². The van der Waals surface area contributed by atoms with Gasteiger partial charge in [0.25, 0.3) is 5.91 Å². The number of likely N-dealkylation sites (tertiary alicyclic amines) is 1. The van der Waals surface area contributed by atoms with Crippen molar-refractivity contribution in [2.75, 3.05) is 19.4 Å². The van der Waals surface area contributed by atoms with Gasteiger partial charge in [0.2, 0.25) is 0 Å². The average Bonchev–Trinajstić information content (AvgIpc) is 3.41. The van der Waals surface area contributed by atoms with Crippen LogP contribution in [0.4, 0.5) is 5.82 Å². The highest BCUT2D eigenvalue weighted by molar-refractivity contribution is 6.00. The molecular formula is C32H34N8O2. The van der Waals surface area contributed by atoms with Gasteiger partial charge in [-0.05, 0) is 80.0 Å². The van der Waals surface area contributed by atoms with Crippen LogP contribution in [0.15, 0.2) is 48.7 Å². The Labute approximate surface area is 243 Å². The van der Waals surface area contributed by atoms with Gasteiger partial charge < -0.3 is 30.2 Å². The number of piperidine rings is 1. The number of benzene rings is 1. The monoisotopic (exact) mass is 562 g/mol. The second kappa shape index (κ2) is 9.29. The summed E-state index contributed by atoms with van der Waals surface area (Å²) in [5.41, 5.74) is 18.1. The summed E-state index contributed by atoms with van der Waals surface area (Å²) in [4.78, 5) is 30.1. The van der Waals surface area contributed by atoms with Crippen LogP contribution in [0.25, 0.3) is 44.8 Å². The van der Waals surface area contributed by atoms with Crippen molar-refractivity contribution in [2.24, 2.45) is 24.6 Å². The van der Waals surface area contributed by atoms with E-state index in [0.717, 1.165) is 70.8 Å². The lowest BCUT2D eigenvalue weighted by molar-refractivity contribution is 0.0700. The van der Waals surface area contributed by atoms with E-state index < -0.39 is 0 Å². The number of methoxy groups -OCH3 is 1. The highest BCUT2D eigenvalue weighted by Crippen LogP contribution is 2.40. The number of ether oxygens (including phenoxy) is 1. The van der Waals surface area contributed by atoms with Crippen LogP contribution < -0.4 is 16.2 Å². The average molecular weight is 563 g/mol. The highest BCUT2D eigenvalue weighted by atomic mass is 16.5. The van der Waals surface area contributed by atoms with Gasteiger partial charge in [0, 0.05) is 54.9 Å². The molecule has 1 saturated heterocycles. The number of pyridine rings is 2. The van der Waals surface area contributed by atoms with Crippen molar-refractivity contribution in [3.8, 4) is 28.5 Å². The molecule has 1 aromatic carbocycles. The van der Waals surface area contributed by atoms with E-state index in [2.05, 4.69) is 26.3 Å². The molecule has 2 bridgehead atoms. The zero-order valence-electron chi connectivity index (χ0n) is 23.8. The maximum atomic E-state index is 13.7. The molecule has 5 heterocycles. The Hall–Kier alpha value is -4.44. The molecule has 10 heteroatoms. The fourth-order valence-electron chi connectivity index (χ4n) is 7.04. The molecule has 42 heavy (non-hydrogen) atoms. The van der Waals surface area contributed by atoms with Crippen LogP contribution in [0, 0.1) is 11.8 Å². The van der Waals surface area contributed by atoms with Crippen LogP contribution in [-0.2, 0) is 13.6 Å². The molecule has 3 fully saturated rings. The minimum absolute atomic E-state index is 0.00166. The van der Waals surface area contributed by atoms with Gasteiger partial charge in [-0.15, -0.1) is 0 Å². The number of fused-ring (bicyclic) bond motifs is 4. The Morgan fingerprint density at radius 2 is 1.93 bits per heavy atom. The number of anilines is 1. The lowest BCUT2D eigenvalue weighted by atomic mass is 10.1. The molecule has 10 nitrogen and oxygen atoms in total. The van der Waals surface area contributed by atoms with Crippen LogP contribution in [0.3, 0.4) is 0 Å². The zero-order chi connectivity index (χ0) is 28.7. The summed E-state index contributed by atoms with van der Waals surface area (Å²) in [7, 11) is 3.65. The standard InChI is InChI=1S/C32H34N8O2/c1-38-29-23(11-21(13-26(29)42-2)32(41)40-16-20-6-9-24(40)28(20)34)37-31(38)25-12-18-5-8-22(19-7-10-27(33)35-14-19)36-30(18)39(25)15-17-3-4-17/h5,7-8,10-14,17,20,24,28H,3-4,6,9,15-16,34H2,1-2H3,(H2,33,35)/t20?,24?,28-/m1/s1. The van der Waals surface area contributed by atoms with Crippen molar-refractivity contribution in [3.63, 3.8) is 0 Å². The van der Waals surface area contributed by atoms with E-state index in [1.165, 1.54) is 12.8 Å². The Morgan fingerprint density at radius 3 is 2.62 bits per heavy atom. The Morgan fingerprint density at radius 1 is 1.07 bits per heavy atom. The van der Waals surface area contributed by atoms with Gasteiger partial charge in [-0.2, -0.15) is 0 Å². The van der Waals surface area contributed by atoms with Crippen LogP contribution in [0.2, 0.25) is 0 Å². The zero-order valence-corrected chi connectivity index (χ0v) is 23.8. The maximum Gasteiger partial charge on any atom is 0.254 e. The van der Waals surface area contributed by atoms with Gasteiger partial charge >= 0.3 is 0 Å². The second-order valence-electron chi connectivity index (χ2n) is 12.1. The number of carbonyl (C=O) groups is 1. The number of hydrogen-bond donors (Lipinski definition) is 2. The number of hydrogen-bond acceptors (Lipinski definition) is 7. The van der Waals surface area contributed by atoms with E-state index in [0.29, 0.717) is 29.0 Å². The van der Waals surface area contributed by atoms with Crippen LogP contribution in [0.1, 0.15) is 36.0 Å². The second-order valence-corrected chi connectivity index (χ2v) is 12.1. The molecule has 3 atom stereocenters. The number of aryl methyl sites for hydroxylation is 1. The molecule has 2 aliphatic carbocycles. The van der Waals surface area contributed by atoms with Gasteiger partial charge in [0.1, 0.15) is 22.7 Å². The van der Waals surface area contributed by atoms with Crippen molar-refractivity contribution in [3.05, 3.63) is 54.2 Å². The Bertz CT molecular complexity index is 1870. The van der Waals surface area contributed by atoms with Gasteiger partial charge in [0.05, 0.1) is 24.0 Å². The van der Waals surface area contributed by atoms with E-state index in [1.54, 1.807) is 19.4 Å². The van der Waals surface area contributed by atoms with Crippen LogP contribution in [-0.4, -0.2) is 60.6 Å². The molecule has 4 aromatic heterocycles. The molecule has 2 unspecified atom stereocenters. The first-order chi connectivity index (χ1) is 20.4. The van der Waals surface area contributed by atoms with E-state index in [-0.39, 0.29) is 18.0 Å². The Kier molecular flexibility index (Phi) is 5.59. The summed E-state index contributed by atoms with van der Waals surface area (Å²) in [6, 6.07) is 14.0. The van der Waals surface area contributed by atoms with Crippen LogP contribution in [0.5, 0.6) is 5.75 Å². The molecule has 4 N–H and O–H groups in total. The lowest BCUT2D eigenvalue weighted by Gasteiger charge is -2.27. The molecule has 214 valence electrons. The number of amides is 1. The molecule has 1 aliphatic heterocycles. The maximum absolute atomic E-state index is 13.7. The van der Waals surface area contributed by atoms with Gasteiger partial charge in [-0.1, -0.05) is 0 Å². The fraction of sp³-hybridized carbons (Fsp3) is 0.375. The fourth-order valence-corrected chi connectivity index (χ4v) is 7.04.